The topological polar surface area (TPSA) is 59.9 Å². The van der Waals surface area contributed by atoms with Gasteiger partial charge in [-0.05, 0) is 6.07 Å². The van der Waals surface area contributed by atoms with E-state index in [1.165, 1.54) is 16.4 Å². The van der Waals surface area contributed by atoms with Crippen molar-refractivity contribution < 1.29 is 8.50 Å². The van der Waals surface area contributed by atoms with Crippen molar-refractivity contribution in [2.45, 2.75) is 10.3 Å². The maximum absolute atomic E-state index is 9.30. The number of nitriles is 1. The van der Waals surface area contributed by atoms with Crippen molar-refractivity contribution in [2.24, 2.45) is 0 Å². The molecule has 1 aromatic rings. The highest BCUT2D eigenvalue weighted by atomic mass is 35.6. The molecule has 17 heavy (non-hydrogen) atoms. The number of rotatable bonds is 2. The number of alkyl halides is 3. The second-order valence-electron chi connectivity index (χ2n) is 3.13. The molecule has 8 heteroatoms. The molecule has 0 aromatic carbocycles. The second kappa shape index (κ2) is 5.98. The van der Waals surface area contributed by atoms with Gasteiger partial charge in [-0.15, -0.1) is 3.95 Å². The quantitative estimate of drug-likeness (QED) is 0.395. The van der Waals surface area contributed by atoms with Gasteiger partial charge in [-0.3, -0.25) is 4.98 Å². The van der Waals surface area contributed by atoms with Crippen molar-refractivity contribution in [3.8, 4) is 6.19 Å². The van der Waals surface area contributed by atoms with Crippen LogP contribution in [0.15, 0.2) is 18.3 Å². The Labute approximate surface area is 117 Å². The summed E-state index contributed by atoms with van der Waals surface area (Å²) < 4.78 is 8.98. The minimum absolute atomic E-state index is 0.264. The molecular formula is C9H9Cl3N3OS+. The molecule has 1 heterocycles. The zero-order chi connectivity index (χ0) is 13.1. The first-order valence-electron chi connectivity index (χ1n) is 4.39. The smallest absolute Gasteiger partial charge is 0.306 e. The summed E-state index contributed by atoms with van der Waals surface area (Å²) in [4.78, 5) is 3.99. The summed E-state index contributed by atoms with van der Waals surface area (Å²) in [5, 5.41) is 8.78. The van der Waals surface area contributed by atoms with Gasteiger partial charge in [0.25, 0.3) is 0 Å². The van der Waals surface area contributed by atoms with Gasteiger partial charge in [0.2, 0.25) is 3.79 Å². The van der Waals surface area contributed by atoms with E-state index in [4.69, 9.17) is 40.1 Å². The van der Waals surface area contributed by atoms with Crippen LogP contribution < -0.4 is 0 Å². The van der Waals surface area contributed by atoms with Crippen LogP contribution in [-0.4, -0.2) is 19.7 Å². The third-order valence-corrected chi connectivity index (χ3v) is 3.30. The van der Waals surface area contributed by atoms with E-state index in [0.29, 0.717) is 5.69 Å². The second-order valence-corrected chi connectivity index (χ2v) is 6.75. The van der Waals surface area contributed by atoms with Gasteiger partial charge >= 0.3 is 6.19 Å². The first-order chi connectivity index (χ1) is 7.84. The fourth-order valence-corrected chi connectivity index (χ4v) is 1.83. The molecule has 1 atom stereocenters. The monoisotopic (exact) mass is 312 g/mol. The number of hydrogen-bond donors (Lipinski definition) is 1. The molecule has 4 nitrogen and oxygen atoms in total. The Morgan fingerprint density at radius 3 is 2.53 bits per heavy atom. The normalized spacial score (nSPS) is 14.0. The van der Waals surface area contributed by atoms with Crippen molar-refractivity contribution in [3.63, 3.8) is 0 Å². The minimum Gasteiger partial charge on any atom is -0.306 e. The predicted molar refractivity (Wildman–Crippen MR) is 69.0 cm³/mol. The molecule has 0 saturated carbocycles. The summed E-state index contributed by atoms with van der Waals surface area (Å²) in [6.45, 7) is 0.264. The SMILES string of the molecule is CS(O)=[N+](C#N)Cc1ccc(C(Cl)(Cl)Cl)nc1. The summed E-state index contributed by atoms with van der Waals surface area (Å²) in [5.41, 5.74) is 1.06. The average molecular weight is 314 g/mol. The number of hydrogen-bond acceptors (Lipinski definition) is 2. The molecule has 0 fully saturated rings. The first kappa shape index (κ1) is 14.7. The molecule has 1 N–H and O–H groups in total. The Hall–Kier alpha value is -0.380. The van der Waals surface area contributed by atoms with Crippen LogP contribution in [0.5, 0.6) is 0 Å². The molecule has 1 rings (SSSR count). The van der Waals surface area contributed by atoms with Crippen molar-refractivity contribution in [1.82, 2.24) is 4.98 Å². The minimum atomic E-state index is -1.56. The standard InChI is InChI=1S/C9H8Cl3N3OS/c1-17(16)15(6-13)5-7-2-3-8(14-4-7)9(10,11)12/h2-4H,5H2,1H3/p+1. The van der Waals surface area contributed by atoms with Crippen molar-refractivity contribution in [2.75, 3.05) is 6.26 Å². The highest BCUT2D eigenvalue weighted by molar-refractivity contribution is 7.78. The van der Waals surface area contributed by atoms with E-state index in [1.807, 2.05) is 6.19 Å². The van der Waals surface area contributed by atoms with E-state index >= 15 is 0 Å². The fourth-order valence-electron chi connectivity index (χ4n) is 1.04. The van der Waals surface area contributed by atoms with E-state index in [2.05, 4.69) is 4.98 Å². The van der Waals surface area contributed by atoms with Gasteiger partial charge in [0, 0.05) is 18.0 Å². The lowest BCUT2D eigenvalue weighted by molar-refractivity contribution is -0.433. The molecule has 0 spiro atoms. The largest absolute Gasteiger partial charge is 0.467 e. The van der Waals surface area contributed by atoms with Crippen LogP contribution in [0, 0.1) is 11.5 Å². The Balaban J connectivity index is 2.91. The maximum atomic E-state index is 9.30. The molecule has 1 aromatic heterocycles. The van der Waals surface area contributed by atoms with Gasteiger partial charge in [-0.2, -0.15) is 0 Å². The van der Waals surface area contributed by atoms with Crippen LogP contribution in [0.1, 0.15) is 11.3 Å². The van der Waals surface area contributed by atoms with Gasteiger partial charge in [0.1, 0.15) is 17.5 Å². The Morgan fingerprint density at radius 2 is 2.18 bits per heavy atom. The van der Waals surface area contributed by atoms with Crippen LogP contribution in [-0.2, 0) is 21.3 Å². The third kappa shape index (κ3) is 4.41. The van der Waals surface area contributed by atoms with E-state index in [0.717, 1.165) is 5.56 Å². The molecule has 0 saturated heterocycles. The van der Waals surface area contributed by atoms with E-state index in [-0.39, 0.29) is 6.54 Å². The van der Waals surface area contributed by atoms with Crippen LogP contribution in [0.25, 0.3) is 0 Å². The van der Waals surface area contributed by atoms with Crippen molar-refractivity contribution in [1.29, 1.82) is 5.26 Å². The molecular weight excluding hydrogens is 305 g/mol. The lowest BCUT2D eigenvalue weighted by Gasteiger charge is -2.09. The summed E-state index contributed by atoms with van der Waals surface area (Å²) in [5.74, 6) is 0. The highest BCUT2D eigenvalue weighted by Gasteiger charge is 2.24. The number of pyridine rings is 1. The molecule has 1 unspecified atom stereocenters. The molecule has 0 amide bonds. The van der Waals surface area contributed by atoms with Gasteiger partial charge in [0.05, 0.1) is 5.69 Å². The Kier molecular flexibility index (Phi) is 5.17. The van der Waals surface area contributed by atoms with Crippen LogP contribution >= 0.6 is 34.8 Å². The summed E-state index contributed by atoms with van der Waals surface area (Å²) in [6.07, 6.45) is 4.93. The molecule has 0 aliphatic heterocycles. The fraction of sp³-hybridized carbons (Fsp3) is 0.333. The zero-order valence-corrected chi connectivity index (χ0v) is 11.9. The van der Waals surface area contributed by atoms with Crippen LogP contribution in [0.3, 0.4) is 0 Å². The lowest BCUT2D eigenvalue weighted by Crippen LogP contribution is -2.10. The lowest BCUT2D eigenvalue weighted by atomic mass is 10.2. The molecule has 0 bridgehead atoms. The predicted octanol–water partition coefficient (Wildman–Crippen LogP) is 2.81. The highest BCUT2D eigenvalue weighted by Crippen LogP contribution is 2.36. The summed E-state index contributed by atoms with van der Waals surface area (Å²) in [7, 11) is -1.11. The van der Waals surface area contributed by atoms with Gasteiger partial charge < -0.3 is 4.55 Å². The van der Waals surface area contributed by atoms with E-state index in [9.17, 15) is 4.55 Å². The molecule has 92 valence electrons. The number of nitrogens with zero attached hydrogens (tertiary/aromatic N) is 3. The third-order valence-electron chi connectivity index (χ3n) is 1.87. The summed E-state index contributed by atoms with van der Waals surface area (Å²) >= 11 is 17.0. The molecule has 0 aliphatic carbocycles. The van der Waals surface area contributed by atoms with Gasteiger partial charge in [0.15, 0.2) is 5.26 Å². The summed E-state index contributed by atoms with van der Waals surface area (Å²) in [6, 6.07) is 3.27. The van der Waals surface area contributed by atoms with Crippen LogP contribution in [0.2, 0.25) is 0 Å². The number of halogens is 3. The van der Waals surface area contributed by atoms with Crippen LogP contribution in [0.4, 0.5) is 0 Å². The van der Waals surface area contributed by atoms with E-state index < -0.39 is 14.8 Å². The Morgan fingerprint density at radius 1 is 1.53 bits per heavy atom. The Bertz CT molecular complexity index is 472. The zero-order valence-electron chi connectivity index (χ0n) is 8.77. The van der Waals surface area contributed by atoms with Gasteiger partial charge in [-0.1, -0.05) is 40.9 Å². The molecule has 0 aliphatic rings. The van der Waals surface area contributed by atoms with Crippen molar-refractivity contribution in [3.05, 3.63) is 29.6 Å². The van der Waals surface area contributed by atoms with Crippen molar-refractivity contribution >= 4 is 45.8 Å². The number of aromatic nitrogens is 1. The maximum Gasteiger partial charge on any atom is 0.467 e. The molecule has 0 radical (unpaired) electrons. The first-order valence-corrected chi connectivity index (χ1v) is 7.07. The van der Waals surface area contributed by atoms with Gasteiger partial charge in [-0.25, -0.2) is 0 Å². The van der Waals surface area contributed by atoms with E-state index in [1.54, 1.807) is 12.1 Å². The average Bonchev–Trinajstić information content (AvgIpc) is 2.25.